The van der Waals surface area contributed by atoms with Gasteiger partial charge in [-0.3, -0.25) is 9.59 Å². The van der Waals surface area contributed by atoms with Gasteiger partial charge >= 0.3 is 5.97 Å². The van der Waals surface area contributed by atoms with Gasteiger partial charge in [0.25, 0.3) is 0 Å². The van der Waals surface area contributed by atoms with Gasteiger partial charge < -0.3 is 10.4 Å². The monoisotopic (exact) mass is 368 g/mol. The van der Waals surface area contributed by atoms with E-state index in [4.69, 9.17) is 0 Å². The molecule has 2 aliphatic carbocycles. The third-order valence-corrected chi connectivity index (χ3v) is 6.29. The van der Waals surface area contributed by atoms with Gasteiger partial charge in [-0.15, -0.1) is 11.3 Å². The van der Waals surface area contributed by atoms with Crippen LogP contribution in [0.2, 0.25) is 0 Å². The van der Waals surface area contributed by atoms with Crippen LogP contribution >= 0.6 is 11.3 Å². The summed E-state index contributed by atoms with van der Waals surface area (Å²) in [5.41, 5.74) is 3.04. The van der Waals surface area contributed by atoms with Crippen molar-refractivity contribution in [3.63, 3.8) is 0 Å². The van der Waals surface area contributed by atoms with Crippen LogP contribution in [0.5, 0.6) is 0 Å². The number of allylic oxidation sites excluding steroid dienone is 2. The number of rotatable bonds is 4. The molecule has 2 N–H and O–H groups in total. The van der Waals surface area contributed by atoms with Gasteiger partial charge in [-0.1, -0.05) is 42.0 Å². The molecule has 1 fully saturated rings. The maximum Gasteiger partial charge on any atom is 0.307 e. The Balaban J connectivity index is 1.55. The first kappa shape index (κ1) is 17.0. The maximum atomic E-state index is 12.8. The zero-order valence-corrected chi connectivity index (χ0v) is 15.4. The van der Waals surface area contributed by atoms with Gasteiger partial charge in [0.15, 0.2) is 5.13 Å². The number of hydrogen-bond donors (Lipinski definition) is 2. The number of fused-ring (bicyclic) bond motifs is 2. The topological polar surface area (TPSA) is 79.3 Å². The number of aliphatic carboxylic acids is 1. The summed E-state index contributed by atoms with van der Waals surface area (Å²) < 4.78 is 0. The minimum Gasteiger partial charge on any atom is -0.481 e. The van der Waals surface area contributed by atoms with E-state index in [-0.39, 0.29) is 17.7 Å². The number of amides is 1. The number of carboxylic acids is 1. The molecule has 134 valence electrons. The Labute approximate surface area is 155 Å². The molecular formula is C20H20N2O3S. The van der Waals surface area contributed by atoms with Gasteiger partial charge in [0.1, 0.15) is 0 Å². The van der Waals surface area contributed by atoms with E-state index in [1.165, 1.54) is 16.9 Å². The van der Waals surface area contributed by atoms with E-state index in [2.05, 4.69) is 10.3 Å². The Morgan fingerprint density at radius 3 is 2.42 bits per heavy atom. The van der Waals surface area contributed by atoms with Gasteiger partial charge in [-0.05, 0) is 32.1 Å². The van der Waals surface area contributed by atoms with Crippen molar-refractivity contribution < 1.29 is 14.7 Å². The molecule has 2 aromatic rings. The van der Waals surface area contributed by atoms with Crippen LogP contribution in [0.4, 0.5) is 5.13 Å². The van der Waals surface area contributed by atoms with Gasteiger partial charge in [-0.2, -0.15) is 0 Å². The quantitative estimate of drug-likeness (QED) is 0.803. The highest BCUT2D eigenvalue weighted by Crippen LogP contribution is 2.48. The molecule has 0 radical (unpaired) electrons. The molecule has 1 saturated carbocycles. The van der Waals surface area contributed by atoms with Gasteiger partial charge in [0.05, 0.1) is 17.5 Å². The highest BCUT2D eigenvalue weighted by molar-refractivity contribution is 7.16. The van der Waals surface area contributed by atoms with E-state index in [1.807, 2.05) is 50.3 Å². The summed E-state index contributed by atoms with van der Waals surface area (Å²) in [5, 5.41) is 12.9. The number of carbonyl (C=O) groups is 2. The lowest BCUT2D eigenvalue weighted by atomic mass is 9.82. The van der Waals surface area contributed by atoms with Crippen LogP contribution in [-0.4, -0.2) is 22.0 Å². The van der Waals surface area contributed by atoms with Crippen LogP contribution in [0.3, 0.4) is 0 Å². The fraction of sp³-hybridized carbons (Fsp3) is 0.350. The zero-order valence-electron chi connectivity index (χ0n) is 14.6. The maximum absolute atomic E-state index is 12.8. The fourth-order valence-electron chi connectivity index (χ4n) is 4.13. The number of nitrogens with zero attached hydrogens (tertiary/aromatic N) is 1. The van der Waals surface area contributed by atoms with Crippen LogP contribution in [-0.2, 0) is 9.59 Å². The zero-order chi connectivity index (χ0) is 18.4. The average Bonchev–Trinajstić information content (AvgIpc) is 3.29. The van der Waals surface area contributed by atoms with E-state index in [9.17, 15) is 14.7 Å². The first-order valence-electron chi connectivity index (χ1n) is 8.70. The van der Waals surface area contributed by atoms with Gasteiger partial charge in [0.2, 0.25) is 5.91 Å². The lowest BCUT2D eigenvalue weighted by molar-refractivity contribution is -0.146. The van der Waals surface area contributed by atoms with Crippen LogP contribution < -0.4 is 5.32 Å². The molecule has 0 spiro atoms. The van der Waals surface area contributed by atoms with Crippen molar-refractivity contribution in [1.29, 1.82) is 0 Å². The van der Waals surface area contributed by atoms with Crippen LogP contribution in [0.15, 0.2) is 36.4 Å². The molecule has 0 unspecified atom stereocenters. The number of hydrogen-bond acceptors (Lipinski definition) is 4. The van der Waals surface area contributed by atoms with Crippen LogP contribution in [0, 0.1) is 37.5 Å². The van der Waals surface area contributed by atoms with Crippen LogP contribution in [0.1, 0.15) is 16.9 Å². The molecule has 1 amide bonds. The number of nitrogens with one attached hydrogen (secondary N) is 1. The lowest BCUT2D eigenvalue weighted by Crippen LogP contribution is -2.36. The highest BCUT2D eigenvalue weighted by atomic mass is 32.1. The van der Waals surface area contributed by atoms with Gasteiger partial charge in [0, 0.05) is 10.4 Å². The predicted molar refractivity (Wildman–Crippen MR) is 101 cm³/mol. The van der Waals surface area contributed by atoms with Crippen molar-refractivity contribution in [2.75, 3.05) is 5.32 Å². The Kier molecular flexibility index (Phi) is 4.15. The number of benzene rings is 1. The van der Waals surface area contributed by atoms with E-state index in [0.717, 1.165) is 22.6 Å². The molecule has 1 aromatic heterocycles. The van der Waals surface area contributed by atoms with Gasteiger partial charge in [-0.25, -0.2) is 4.98 Å². The molecule has 6 heteroatoms. The highest BCUT2D eigenvalue weighted by Gasteiger charge is 2.51. The summed E-state index contributed by atoms with van der Waals surface area (Å²) in [7, 11) is 0. The van der Waals surface area contributed by atoms with E-state index >= 15 is 0 Å². The molecule has 4 rings (SSSR count). The summed E-state index contributed by atoms with van der Waals surface area (Å²) in [5.74, 6) is -2.30. The number of aromatic nitrogens is 1. The van der Waals surface area contributed by atoms with E-state index in [1.54, 1.807) is 0 Å². The molecule has 1 aromatic carbocycles. The van der Waals surface area contributed by atoms with E-state index < -0.39 is 17.8 Å². The Morgan fingerprint density at radius 1 is 1.12 bits per heavy atom. The summed E-state index contributed by atoms with van der Waals surface area (Å²) in [6.07, 6.45) is 4.68. The summed E-state index contributed by atoms with van der Waals surface area (Å²) in [4.78, 5) is 30.0. The Bertz CT molecular complexity index is 900. The SMILES string of the molecule is Cc1ccc(-c2nc(NC(=O)[C@@H]3[C@H](C(=O)O)[C@H]4C=C[C@H]3C4)sc2C)cc1. The summed E-state index contributed by atoms with van der Waals surface area (Å²) in [6.45, 7) is 4.01. The predicted octanol–water partition coefficient (Wildman–Crippen LogP) is 3.89. The molecular weight excluding hydrogens is 348 g/mol. The Hall–Kier alpha value is -2.47. The number of thiazole rings is 1. The second-order valence-corrected chi connectivity index (χ2v) is 8.32. The first-order chi connectivity index (χ1) is 12.4. The molecule has 5 nitrogen and oxygen atoms in total. The molecule has 2 bridgehead atoms. The molecule has 0 aliphatic heterocycles. The van der Waals surface area contributed by atoms with E-state index in [0.29, 0.717) is 5.13 Å². The second kappa shape index (κ2) is 6.36. The third-order valence-electron chi connectivity index (χ3n) is 5.40. The van der Waals surface area contributed by atoms with Crippen molar-refractivity contribution in [3.8, 4) is 11.3 Å². The van der Waals surface area contributed by atoms with Crippen molar-refractivity contribution in [2.24, 2.45) is 23.7 Å². The number of anilines is 1. The van der Waals surface area contributed by atoms with Crippen LogP contribution in [0.25, 0.3) is 11.3 Å². The smallest absolute Gasteiger partial charge is 0.307 e. The molecule has 4 atom stereocenters. The molecule has 2 aliphatic rings. The minimum atomic E-state index is -0.891. The number of aryl methyl sites for hydroxylation is 2. The number of carbonyl (C=O) groups excluding carboxylic acids is 1. The largest absolute Gasteiger partial charge is 0.481 e. The third kappa shape index (κ3) is 2.84. The molecule has 0 saturated heterocycles. The summed E-state index contributed by atoms with van der Waals surface area (Å²) in [6, 6.07) is 8.10. The summed E-state index contributed by atoms with van der Waals surface area (Å²) >= 11 is 1.42. The minimum absolute atomic E-state index is 0.0127. The van der Waals surface area contributed by atoms with Crippen molar-refractivity contribution in [3.05, 3.63) is 46.9 Å². The van der Waals surface area contributed by atoms with Crippen molar-refractivity contribution in [2.45, 2.75) is 20.3 Å². The standard InChI is InChI=1S/C20H20N2O3S/c1-10-3-5-12(6-4-10)17-11(2)26-20(21-17)22-18(23)15-13-7-8-14(9-13)16(15)19(24)25/h3-8,13-16H,9H2,1-2H3,(H,24,25)(H,21,22,23)/t13-,14-,15-,16+/m0/s1. The number of carboxylic acid groups (broad SMARTS) is 1. The first-order valence-corrected chi connectivity index (χ1v) is 9.52. The lowest BCUT2D eigenvalue weighted by Gasteiger charge is -2.23. The Morgan fingerprint density at radius 2 is 1.77 bits per heavy atom. The molecule has 1 heterocycles. The average molecular weight is 368 g/mol. The fourth-order valence-corrected chi connectivity index (χ4v) is 4.97. The van der Waals surface area contributed by atoms with Crippen molar-refractivity contribution in [1.82, 2.24) is 4.98 Å². The normalized spacial score (nSPS) is 26.2. The van der Waals surface area contributed by atoms with Crippen molar-refractivity contribution >= 4 is 28.3 Å². The molecule has 26 heavy (non-hydrogen) atoms. The second-order valence-electron chi connectivity index (χ2n) is 7.12.